The highest BCUT2D eigenvalue weighted by atomic mass is 16.5. The van der Waals surface area contributed by atoms with E-state index in [1.165, 1.54) is 12.7 Å². The molecule has 0 aliphatic heterocycles. The summed E-state index contributed by atoms with van der Waals surface area (Å²) in [5.74, 6) is 1.68. The Labute approximate surface area is 113 Å². The van der Waals surface area contributed by atoms with Crippen molar-refractivity contribution in [3.05, 3.63) is 41.0 Å². The van der Waals surface area contributed by atoms with Crippen LogP contribution in [-0.2, 0) is 0 Å². The molecule has 0 amide bonds. The molecule has 0 fully saturated rings. The van der Waals surface area contributed by atoms with E-state index in [0.29, 0.717) is 17.4 Å². The first-order valence-corrected chi connectivity index (χ1v) is 6.08. The van der Waals surface area contributed by atoms with Crippen molar-refractivity contribution in [2.75, 3.05) is 12.8 Å². The molecule has 4 nitrogen and oxygen atoms in total. The molecule has 0 bridgehead atoms. The van der Waals surface area contributed by atoms with E-state index in [9.17, 15) is 0 Å². The van der Waals surface area contributed by atoms with Crippen LogP contribution in [0.2, 0.25) is 0 Å². The molecule has 2 aromatic rings. The van der Waals surface area contributed by atoms with Crippen LogP contribution in [0.3, 0.4) is 0 Å². The van der Waals surface area contributed by atoms with E-state index in [1.54, 1.807) is 12.1 Å². The van der Waals surface area contributed by atoms with Crippen LogP contribution < -0.4 is 15.2 Å². The number of anilines is 1. The second-order valence-corrected chi connectivity index (χ2v) is 4.50. The molecule has 4 heteroatoms. The number of methoxy groups -OCH3 is 1. The van der Waals surface area contributed by atoms with Gasteiger partial charge in [-0.25, -0.2) is 0 Å². The first kappa shape index (κ1) is 13.2. The summed E-state index contributed by atoms with van der Waals surface area (Å²) in [5.41, 5.74) is 9.59. The number of nitrogen functional groups attached to an aromatic ring is 1. The fraction of sp³-hybridized carbons (Fsp3) is 0.267. The Morgan fingerprint density at radius 2 is 1.68 bits per heavy atom. The van der Waals surface area contributed by atoms with E-state index in [1.807, 2.05) is 19.9 Å². The van der Waals surface area contributed by atoms with E-state index in [2.05, 4.69) is 18.0 Å². The minimum atomic E-state index is 0.375. The number of aryl methyl sites for hydroxylation is 2. The lowest BCUT2D eigenvalue weighted by molar-refractivity contribution is 0.384. The van der Waals surface area contributed by atoms with Gasteiger partial charge in [-0.3, -0.25) is 0 Å². The van der Waals surface area contributed by atoms with Crippen LogP contribution in [-0.4, -0.2) is 12.1 Å². The van der Waals surface area contributed by atoms with Gasteiger partial charge < -0.3 is 15.2 Å². The number of pyridine rings is 1. The van der Waals surface area contributed by atoms with Gasteiger partial charge in [-0.15, -0.1) is 0 Å². The highest BCUT2D eigenvalue weighted by Gasteiger charge is 2.10. The van der Waals surface area contributed by atoms with Gasteiger partial charge in [0.25, 0.3) is 0 Å². The van der Waals surface area contributed by atoms with Crippen molar-refractivity contribution in [2.24, 2.45) is 0 Å². The molecule has 0 aliphatic carbocycles. The molecular weight excluding hydrogens is 240 g/mol. The Morgan fingerprint density at radius 1 is 1.00 bits per heavy atom. The second kappa shape index (κ2) is 5.18. The van der Waals surface area contributed by atoms with Crippen LogP contribution >= 0.6 is 0 Å². The molecule has 19 heavy (non-hydrogen) atoms. The number of nitrogens with zero attached hydrogens (tertiary/aromatic N) is 1. The zero-order valence-corrected chi connectivity index (χ0v) is 11.7. The lowest BCUT2D eigenvalue weighted by Crippen LogP contribution is -1.99. The molecule has 1 aromatic carbocycles. The van der Waals surface area contributed by atoms with Crippen molar-refractivity contribution in [3.63, 3.8) is 0 Å². The quantitative estimate of drug-likeness (QED) is 0.916. The fourth-order valence-electron chi connectivity index (χ4n) is 1.84. The highest BCUT2D eigenvalue weighted by Crippen LogP contribution is 2.31. The topological polar surface area (TPSA) is 57.4 Å². The maximum atomic E-state index is 5.87. The van der Waals surface area contributed by atoms with Crippen LogP contribution in [0.1, 0.15) is 16.7 Å². The summed E-state index contributed by atoms with van der Waals surface area (Å²) in [6, 6.07) is 7.57. The first-order valence-electron chi connectivity index (χ1n) is 6.08. The molecular formula is C15H18N2O2. The number of benzene rings is 1. The predicted molar refractivity (Wildman–Crippen MR) is 75.9 cm³/mol. The number of hydrogen-bond donors (Lipinski definition) is 1. The number of ether oxygens (including phenoxy) is 2. The molecule has 0 spiro atoms. The van der Waals surface area contributed by atoms with Gasteiger partial charge in [0.15, 0.2) is 0 Å². The highest BCUT2D eigenvalue weighted by molar-refractivity contribution is 5.51. The van der Waals surface area contributed by atoms with Gasteiger partial charge >= 0.3 is 0 Å². The summed E-state index contributed by atoms with van der Waals surface area (Å²) in [7, 11) is 1.53. The standard InChI is InChI=1S/C15H18N2O2/c1-9-5-6-10(2)14(11(9)3)19-13-8-7-12(16)15(17-13)18-4/h5-8H,16H2,1-4H3. The molecule has 1 aromatic heterocycles. The average Bonchev–Trinajstić information content (AvgIpc) is 2.41. The van der Waals surface area contributed by atoms with Crippen LogP contribution in [0.4, 0.5) is 5.69 Å². The molecule has 0 radical (unpaired) electrons. The lowest BCUT2D eigenvalue weighted by Gasteiger charge is -2.13. The van der Waals surface area contributed by atoms with E-state index in [-0.39, 0.29) is 0 Å². The number of aromatic nitrogens is 1. The second-order valence-electron chi connectivity index (χ2n) is 4.50. The van der Waals surface area contributed by atoms with Gasteiger partial charge in [0.1, 0.15) is 5.75 Å². The van der Waals surface area contributed by atoms with Crippen molar-refractivity contribution in [2.45, 2.75) is 20.8 Å². The van der Waals surface area contributed by atoms with Crippen LogP contribution in [0.15, 0.2) is 24.3 Å². The summed E-state index contributed by atoms with van der Waals surface area (Å²) in [6.07, 6.45) is 0. The van der Waals surface area contributed by atoms with Gasteiger partial charge in [-0.1, -0.05) is 12.1 Å². The van der Waals surface area contributed by atoms with Crippen LogP contribution in [0, 0.1) is 20.8 Å². The molecule has 2 rings (SSSR count). The molecule has 2 N–H and O–H groups in total. The molecule has 0 saturated carbocycles. The maximum Gasteiger partial charge on any atom is 0.240 e. The van der Waals surface area contributed by atoms with E-state index >= 15 is 0 Å². The minimum absolute atomic E-state index is 0.375. The minimum Gasteiger partial charge on any atom is -0.479 e. The molecule has 0 saturated heterocycles. The van der Waals surface area contributed by atoms with Gasteiger partial charge in [0.2, 0.25) is 11.8 Å². The number of nitrogens with two attached hydrogens (primary N) is 1. The Bertz CT molecular complexity index is 609. The normalized spacial score (nSPS) is 10.3. The van der Waals surface area contributed by atoms with Gasteiger partial charge in [0, 0.05) is 6.07 Å². The molecule has 0 aliphatic rings. The summed E-state index contributed by atoms with van der Waals surface area (Å²) < 4.78 is 11.0. The summed E-state index contributed by atoms with van der Waals surface area (Å²) in [6.45, 7) is 6.10. The Hall–Kier alpha value is -2.23. The van der Waals surface area contributed by atoms with Crippen molar-refractivity contribution in [3.8, 4) is 17.5 Å². The monoisotopic (exact) mass is 258 g/mol. The Morgan fingerprint density at radius 3 is 2.37 bits per heavy atom. The van der Waals surface area contributed by atoms with E-state index in [0.717, 1.165) is 16.9 Å². The van der Waals surface area contributed by atoms with Gasteiger partial charge in [-0.05, 0) is 43.5 Å². The Balaban J connectivity index is 2.39. The SMILES string of the molecule is COc1nc(Oc2c(C)ccc(C)c2C)ccc1N. The number of hydrogen-bond acceptors (Lipinski definition) is 4. The first-order chi connectivity index (χ1) is 9.02. The average molecular weight is 258 g/mol. The van der Waals surface area contributed by atoms with Crippen LogP contribution in [0.5, 0.6) is 17.5 Å². The summed E-state index contributed by atoms with van der Waals surface area (Å²) in [4.78, 5) is 4.23. The third-order valence-corrected chi connectivity index (χ3v) is 3.14. The third kappa shape index (κ3) is 2.62. The molecule has 1 heterocycles. The van der Waals surface area contributed by atoms with Gasteiger partial charge in [0.05, 0.1) is 12.8 Å². The zero-order valence-electron chi connectivity index (χ0n) is 11.7. The zero-order chi connectivity index (χ0) is 14.0. The molecule has 0 unspecified atom stereocenters. The van der Waals surface area contributed by atoms with Crippen molar-refractivity contribution in [1.82, 2.24) is 4.98 Å². The maximum absolute atomic E-state index is 5.87. The van der Waals surface area contributed by atoms with E-state index in [4.69, 9.17) is 15.2 Å². The lowest BCUT2D eigenvalue weighted by atomic mass is 10.1. The third-order valence-electron chi connectivity index (χ3n) is 3.14. The summed E-state index contributed by atoms with van der Waals surface area (Å²) >= 11 is 0. The fourth-order valence-corrected chi connectivity index (χ4v) is 1.84. The smallest absolute Gasteiger partial charge is 0.240 e. The van der Waals surface area contributed by atoms with Crippen LogP contribution in [0.25, 0.3) is 0 Å². The van der Waals surface area contributed by atoms with Crippen molar-refractivity contribution in [1.29, 1.82) is 0 Å². The molecule has 0 atom stereocenters. The molecule has 100 valence electrons. The predicted octanol–water partition coefficient (Wildman–Crippen LogP) is 3.39. The van der Waals surface area contributed by atoms with Crippen molar-refractivity contribution < 1.29 is 9.47 Å². The summed E-state index contributed by atoms with van der Waals surface area (Å²) in [5, 5.41) is 0. The number of rotatable bonds is 3. The van der Waals surface area contributed by atoms with Crippen molar-refractivity contribution >= 4 is 5.69 Å². The largest absolute Gasteiger partial charge is 0.479 e. The Kier molecular flexibility index (Phi) is 3.60. The van der Waals surface area contributed by atoms with Gasteiger partial charge in [-0.2, -0.15) is 4.98 Å². The van der Waals surface area contributed by atoms with E-state index < -0.39 is 0 Å².